The smallest absolute Gasteiger partial charge is 0.146 e. The molecule has 2 rings (SSSR count). The van der Waals surface area contributed by atoms with Gasteiger partial charge in [0, 0.05) is 32.7 Å². The van der Waals surface area contributed by atoms with Crippen molar-refractivity contribution < 1.29 is 14.6 Å². The van der Waals surface area contributed by atoms with Crippen LogP contribution in [-0.4, -0.2) is 54.4 Å². The molecule has 1 fully saturated rings. The molecule has 0 radical (unpaired) electrons. The Bertz CT molecular complexity index is 418. The summed E-state index contributed by atoms with van der Waals surface area (Å²) in [7, 11) is 0. The Morgan fingerprint density at radius 3 is 2.47 bits per heavy atom. The average molecular weight is 268 g/mol. The van der Waals surface area contributed by atoms with E-state index in [1.165, 1.54) is 6.07 Å². The Morgan fingerprint density at radius 2 is 1.95 bits per heavy atom. The van der Waals surface area contributed by atoms with Crippen molar-refractivity contribution in [3.8, 4) is 0 Å². The Kier molecular flexibility index (Phi) is 4.74. The molecule has 1 aromatic carbocycles. The predicted molar refractivity (Wildman–Crippen MR) is 72.8 cm³/mol. The summed E-state index contributed by atoms with van der Waals surface area (Å²) in [5, 5.41) is 18.3. The first-order valence-electron chi connectivity index (χ1n) is 6.67. The lowest BCUT2D eigenvalue weighted by molar-refractivity contribution is 0.188. The van der Waals surface area contributed by atoms with Crippen LogP contribution in [-0.2, 0) is 0 Å². The number of β-amino-alcohol motifs (C(OH)–C–C–N with tert-alkyl or cyclic N) is 1. The molecule has 1 aromatic rings. The SMILES string of the molecule is CC(O)c1ccc(N2CCN(CCO)CC2)c(F)c1. The minimum atomic E-state index is -0.648. The molecule has 1 aliphatic rings. The van der Waals surface area contributed by atoms with Crippen LogP contribution in [0.3, 0.4) is 0 Å². The van der Waals surface area contributed by atoms with Crippen molar-refractivity contribution in [3.63, 3.8) is 0 Å². The Balaban J connectivity index is 2.03. The van der Waals surface area contributed by atoms with Gasteiger partial charge in [-0.1, -0.05) is 6.07 Å². The van der Waals surface area contributed by atoms with Gasteiger partial charge in [0.05, 0.1) is 18.4 Å². The largest absolute Gasteiger partial charge is 0.395 e. The van der Waals surface area contributed by atoms with Gasteiger partial charge in [0.15, 0.2) is 0 Å². The van der Waals surface area contributed by atoms with Crippen molar-refractivity contribution in [2.75, 3.05) is 44.2 Å². The van der Waals surface area contributed by atoms with Crippen LogP contribution in [0.4, 0.5) is 10.1 Å². The third-order valence-electron chi connectivity index (χ3n) is 3.58. The van der Waals surface area contributed by atoms with E-state index in [-0.39, 0.29) is 12.4 Å². The van der Waals surface area contributed by atoms with Crippen LogP contribution in [0.15, 0.2) is 18.2 Å². The first kappa shape index (κ1) is 14.2. The van der Waals surface area contributed by atoms with E-state index in [0.29, 0.717) is 17.8 Å². The number of aliphatic hydroxyl groups is 2. The first-order chi connectivity index (χ1) is 9.11. The minimum absolute atomic E-state index is 0.164. The summed E-state index contributed by atoms with van der Waals surface area (Å²) in [6, 6.07) is 4.91. The maximum atomic E-state index is 14.0. The van der Waals surface area contributed by atoms with Gasteiger partial charge in [-0.15, -0.1) is 0 Å². The van der Waals surface area contributed by atoms with E-state index >= 15 is 0 Å². The maximum Gasteiger partial charge on any atom is 0.146 e. The molecule has 0 spiro atoms. The summed E-state index contributed by atoms with van der Waals surface area (Å²) in [4.78, 5) is 4.17. The molecule has 1 aliphatic heterocycles. The summed E-state index contributed by atoms with van der Waals surface area (Å²) in [6.07, 6.45) is -0.648. The van der Waals surface area contributed by atoms with E-state index < -0.39 is 6.10 Å². The van der Waals surface area contributed by atoms with Gasteiger partial charge in [-0.25, -0.2) is 4.39 Å². The molecule has 2 N–H and O–H groups in total. The third kappa shape index (κ3) is 3.43. The molecule has 1 unspecified atom stereocenters. The highest BCUT2D eigenvalue weighted by Crippen LogP contribution is 2.24. The highest BCUT2D eigenvalue weighted by molar-refractivity contribution is 5.50. The fraction of sp³-hybridized carbons (Fsp3) is 0.571. The fourth-order valence-electron chi connectivity index (χ4n) is 2.39. The van der Waals surface area contributed by atoms with E-state index in [2.05, 4.69) is 4.90 Å². The number of benzene rings is 1. The lowest BCUT2D eigenvalue weighted by atomic mass is 10.1. The molecule has 1 heterocycles. The molecule has 0 aliphatic carbocycles. The summed E-state index contributed by atoms with van der Waals surface area (Å²) in [5.74, 6) is -0.283. The van der Waals surface area contributed by atoms with Crippen LogP contribution < -0.4 is 4.90 Å². The monoisotopic (exact) mass is 268 g/mol. The zero-order chi connectivity index (χ0) is 13.8. The lowest BCUT2D eigenvalue weighted by Gasteiger charge is -2.36. The van der Waals surface area contributed by atoms with Crippen LogP contribution in [0, 0.1) is 5.82 Å². The van der Waals surface area contributed by atoms with Gasteiger partial charge in [0.1, 0.15) is 5.82 Å². The van der Waals surface area contributed by atoms with E-state index in [1.54, 1.807) is 19.1 Å². The van der Waals surface area contributed by atoms with Crippen molar-refractivity contribution in [3.05, 3.63) is 29.6 Å². The molecule has 1 saturated heterocycles. The molecule has 5 heteroatoms. The number of hydrogen-bond donors (Lipinski definition) is 2. The molecule has 0 amide bonds. The van der Waals surface area contributed by atoms with Crippen LogP contribution in [0.1, 0.15) is 18.6 Å². The quantitative estimate of drug-likeness (QED) is 0.855. The van der Waals surface area contributed by atoms with Crippen molar-refractivity contribution in [2.24, 2.45) is 0 Å². The second kappa shape index (κ2) is 6.32. The molecular formula is C14H21FN2O2. The molecule has 1 atom stereocenters. The van der Waals surface area contributed by atoms with Crippen LogP contribution in [0.5, 0.6) is 0 Å². The van der Waals surface area contributed by atoms with Gasteiger partial charge in [-0.05, 0) is 24.6 Å². The Hall–Kier alpha value is -1.17. The zero-order valence-corrected chi connectivity index (χ0v) is 11.2. The second-order valence-electron chi connectivity index (χ2n) is 4.94. The van der Waals surface area contributed by atoms with E-state index in [0.717, 1.165) is 26.2 Å². The van der Waals surface area contributed by atoms with E-state index in [9.17, 15) is 9.50 Å². The topological polar surface area (TPSA) is 46.9 Å². The maximum absolute atomic E-state index is 14.0. The first-order valence-corrected chi connectivity index (χ1v) is 6.67. The zero-order valence-electron chi connectivity index (χ0n) is 11.2. The third-order valence-corrected chi connectivity index (χ3v) is 3.58. The molecule has 0 bridgehead atoms. The van der Waals surface area contributed by atoms with Gasteiger partial charge < -0.3 is 15.1 Å². The normalized spacial score (nSPS) is 18.6. The summed E-state index contributed by atoms with van der Waals surface area (Å²) < 4.78 is 14.0. The lowest BCUT2D eigenvalue weighted by Crippen LogP contribution is -2.47. The second-order valence-corrected chi connectivity index (χ2v) is 4.94. The number of nitrogens with zero attached hydrogens (tertiary/aromatic N) is 2. The van der Waals surface area contributed by atoms with E-state index in [4.69, 9.17) is 5.11 Å². The minimum Gasteiger partial charge on any atom is -0.395 e. The number of piperazine rings is 1. The van der Waals surface area contributed by atoms with Crippen molar-refractivity contribution in [2.45, 2.75) is 13.0 Å². The standard InChI is InChI=1S/C14H21FN2O2/c1-11(19)12-2-3-14(13(15)10-12)17-6-4-16(5-7-17)8-9-18/h2-3,10-11,18-19H,4-9H2,1H3. The molecule has 0 saturated carbocycles. The van der Waals surface area contributed by atoms with E-state index in [1.807, 2.05) is 4.90 Å². The van der Waals surface area contributed by atoms with Crippen molar-refractivity contribution in [1.29, 1.82) is 0 Å². The Morgan fingerprint density at radius 1 is 1.26 bits per heavy atom. The summed E-state index contributed by atoms with van der Waals surface area (Å²) in [5.41, 5.74) is 1.19. The fourth-order valence-corrected chi connectivity index (χ4v) is 2.39. The summed E-state index contributed by atoms with van der Waals surface area (Å²) >= 11 is 0. The molecule has 19 heavy (non-hydrogen) atoms. The number of hydrogen-bond acceptors (Lipinski definition) is 4. The number of aliphatic hydroxyl groups excluding tert-OH is 2. The van der Waals surface area contributed by atoms with Crippen LogP contribution in [0.2, 0.25) is 0 Å². The van der Waals surface area contributed by atoms with Gasteiger partial charge >= 0.3 is 0 Å². The Labute approximate surface area is 113 Å². The summed E-state index contributed by atoms with van der Waals surface area (Å²) in [6.45, 7) is 5.64. The molecule has 106 valence electrons. The average Bonchev–Trinajstić information content (AvgIpc) is 2.40. The number of anilines is 1. The van der Waals surface area contributed by atoms with Gasteiger partial charge in [-0.2, -0.15) is 0 Å². The predicted octanol–water partition coefficient (Wildman–Crippen LogP) is 0.993. The van der Waals surface area contributed by atoms with Gasteiger partial charge in [0.25, 0.3) is 0 Å². The van der Waals surface area contributed by atoms with Crippen LogP contribution in [0.25, 0.3) is 0 Å². The molecular weight excluding hydrogens is 247 g/mol. The molecule has 0 aromatic heterocycles. The highest BCUT2D eigenvalue weighted by atomic mass is 19.1. The van der Waals surface area contributed by atoms with Crippen molar-refractivity contribution >= 4 is 5.69 Å². The van der Waals surface area contributed by atoms with Crippen LogP contribution >= 0.6 is 0 Å². The van der Waals surface area contributed by atoms with Gasteiger partial charge in [-0.3, -0.25) is 4.90 Å². The molecule has 4 nitrogen and oxygen atoms in total. The number of halogens is 1. The highest BCUT2D eigenvalue weighted by Gasteiger charge is 2.19. The number of rotatable bonds is 4. The van der Waals surface area contributed by atoms with Crippen molar-refractivity contribution in [1.82, 2.24) is 4.90 Å². The van der Waals surface area contributed by atoms with Gasteiger partial charge in [0.2, 0.25) is 0 Å².